The Kier molecular flexibility index (Phi) is 4.78. The number of ether oxygens (including phenoxy) is 1. The topological polar surface area (TPSA) is 116 Å². The maximum Gasteiger partial charge on any atom is 0.340 e. The van der Waals surface area contributed by atoms with Crippen molar-refractivity contribution >= 4 is 28.7 Å². The molecule has 3 rings (SSSR count). The largest absolute Gasteiger partial charge is 0.462 e. The van der Waals surface area contributed by atoms with E-state index in [-0.39, 0.29) is 29.8 Å². The first kappa shape index (κ1) is 17.3. The number of carbonyl (C=O) groups is 2. The Bertz CT molecular complexity index is 1040. The summed E-state index contributed by atoms with van der Waals surface area (Å²) in [4.78, 5) is 40.7. The van der Waals surface area contributed by atoms with Crippen LogP contribution in [0.25, 0.3) is 11.1 Å². The number of rotatable bonds is 5. The molecule has 0 aliphatic heterocycles. The number of anilines is 1. The van der Waals surface area contributed by atoms with Gasteiger partial charge in [0.25, 0.3) is 11.3 Å². The number of hydrogen-bond donors (Lipinski definition) is 1. The van der Waals surface area contributed by atoms with Crippen LogP contribution < -0.4 is 10.9 Å². The fourth-order valence-electron chi connectivity index (χ4n) is 2.45. The third kappa shape index (κ3) is 3.32. The zero-order valence-corrected chi connectivity index (χ0v) is 14.2. The predicted octanol–water partition coefficient (Wildman–Crippen LogP) is 1.51. The van der Waals surface area contributed by atoms with Gasteiger partial charge in [0.15, 0.2) is 0 Å². The normalized spacial score (nSPS) is 10.7. The average molecular weight is 356 g/mol. The molecule has 0 spiro atoms. The van der Waals surface area contributed by atoms with Gasteiger partial charge in [0.1, 0.15) is 18.3 Å². The van der Waals surface area contributed by atoms with Gasteiger partial charge in [-0.25, -0.2) is 9.78 Å². The molecule has 0 aliphatic rings. The van der Waals surface area contributed by atoms with Gasteiger partial charge in [0.05, 0.1) is 23.6 Å². The fourth-order valence-corrected chi connectivity index (χ4v) is 2.45. The lowest BCUT2D eigenvalue weighted by Gasteiger charge is -2.11. The molecule has 9 heteroatoms. The molecule has 3 aromatic rings. The second kappa shape index (κ2) is 7.18. The summed E-state index contributed by atoms with van der Waals surface area (Å²) < 4.78 is 11.0. The van der Waals surface area contributed by atoms with E-state index >= 15 is 0 Å². The Labute approximate surface area is 147 Å². The number of benzene rings is 1. The number of nitrogens with one attached hydrogen (secondary N) is 1. The van der Waals surface area contributed by atoms with Gasteiger partial charge >= 0.3 is 5.97 Å². The molecule has 0 atom stereocenters. The molecule has 0 aliphatic carbocycles. The van der Waals surface area contributed by atoms with Crippen molar-refractivity contribution in [3.8, 4) is 0 Å². The zero-order chi connectivity index (χ0) is 18.7. The van der Waals surface area contributed by atoms with Gasteiger partial charge in [-0.05, 0) is 26.0 Å². The van der Waals surface area contributed by atoms with Crippen LogP contribution in [0.4, 0.5) is 5.69 Å². The Morgan fingerprint density at radius 1 is 1.31 bits per heavy atom. The number of aromatic nitrogens is 3. The first-order valence-corrected chi connectivity index (χ1v) is 7.88. The van der Waals surface area contributed by atoms with Crippen molar-refractivity contribution in [2.24, 2.45) is 0 Å². The lowest BCUT2D eigenvalue weighted by Crippen LogP contribution is -2.28. The summed E-state index contributed by atoms with van der Waals surface area (Å²) in [6.07, 6.45) is 1.21. The molecule has 0 unspecified atom stereocenters. The van der Waals surface area contributed by atoms with Crippen LogP contribution in [-0.2, 0) is 16.1 Å². The van der Waals surface area contributed by atoms with Gasteiger partial charge in [-0.2, -0.15) is 0 Å². The molecule has 2 aromatic heterocycles. The number of nitrogens with zero attached hydrogens (tertiary/aromatic N) is 3. The van der Waals surface area contributed by atoms with Crippen LogP contribution >= 0.6 is 0 Å². The van der Waals surface area contributed by atoms with Crippen LogP contribution in [0.2, 0.25) is 0 Å². The van der Waals surface area contributed by atoms with Crippen LogP contribution in [0.1, 0.15) is 23.0 Å². The van der Waals surface area contributed by atoms with Gasteiger partial charge in [-0.3, -0.25) is 14.2 Å². The fraction of sp³-hybridized carbons (Fsp3) is 0.235. The molecule has 9 nitrogen and oxygen atoms in total. The van der Waals surface area contributed by atoms with Gasteiger partial charge in [0.2, 0.25) is 5.91 Å². The van der Waals surface area contributed by atoms with E-state index in [4.69, 9.17) is 9.26 Å². The van der Waals surface area contributed by atoms with E-state index in [9.17, 15) is 14.4 Å². The maximum absolute atomic E-state index is 12.4. The summed E-state index contributed by atoms with van der Waals surface area (Å²) in [5.74, 6) is -1.03. The number of para-hydroxylation sites is 1. The van der Waals surface area contributed by atoms with E-state index in [2.05, 4.69) is 15.5 Å². The SMILES string of the molecule is CCOC(=O)c1ccccc1NC(=O)Cn1cnc2onc(C)c2c1=O. The molecule has 0 radical (unpaired) electrons. The Hall–Kier alpha value is -3.49. The summed E-state index contributed by atoms with van der Waals surface area (Å²) in [6.45, 7) is 3.26. The molecule has 2 heterocycles. The van der Waals surface area contributed by atoms with Crippen molar-refractivity contribution in [3.63, 3.8) is 0 Å². The van der Waals surface area contributed by atoms with Gasteiger partial charge in [-0.1, -0.05) is 17.3 Å². The third-order valence-corrected chi connectivity index (χ3v) is 3.64. The number of hydrogen-bond acceptors (Lipinski definition) is 7. The van der Waals surface area contributed by atoms with Gasteiger partial charge < -0.3 is 14.6 Å². The highest BCUT2D eigenvalue weighted by molar-refractivity contribution is 6.01. The number of aryl methyl sites for hydroxylation is 1. The highest BCUT2D eigenvalue weighted by Crippen LogP contribution is 2.16. The maximum atomic E-state index is 12.4. The van der Waals surface area contributed by atoms with Crippen molar-refractivity contribution in [2.45, 2.75) is 20.4 Å². The smallest absolute Gasteiger partial charge is 0.340 e. The summed E-state index contributed by atoms with van der Waals surface area (Å²) in [6, 6.07) is 6.48. The summed E-state index contributed by atoms with van der Waals surface area (Å²) in [5, 5.41) is 6.53. The molecule has 1 aromatic carbocycles. The van der Waals surface area contributed by atoms with Crippen LogP contribution in [0.3, 0.4) is 0 Å². The molecule has 0 fully saturated rings. The number of amides is 1. The summed E-state index contributed by atoms with van der Waals surface area (Å²) >= 11 is 0. The minimum atomic E-state index is -0.538. The summed E-state index contributed by atoms with van der Waals surface area (Å²) in [7, 11) is 0. The molecule has 0 bridgehead atoms. The monoisotopic (exact) mass is 356 g/mol. The van der Waals surface area contributed by atoms with E-state index < -0.39 is 17.4 Å². The minimum Gasteiger partial charge on any atom is -0.462 e. The Morgan fingerprint density at radius 3 is 2.85 bits per heavy atom. The van der Waals surface area contributed by atoms with E-state index in [1.807, 2.05) is 0 Å². The molecule has 1 N–H and O–H groups in total. The molecule has 0 saturated carbocycles. The molecule has 0 saturated heterocycles. The predicted molar refractivity (Wildman–Crippen MR) is 91.8 cm³/mol. The summed E-state index contributed by atoms with van der Waals surface area (Å²) in [5.41, 5.74) is 0.636. The van der Waals surface area contributed by atoms with E-state index in [0.29, 0.717) is 11.4 Å². The van der Waals surface area contributed by atoms with Crippen molar-refractivity contribution in [1.29, 1.82) is 0 Å². The minimum absolute atomic E-state index is 0.122. The Balaban J connectivity index is 1.82. The lowest BCUT2D eigenvalue weighted by molar-refractivity contribution is -0.116. The van der Waals surface area contributed by atoms with Crippen LogP contribution in [0.5, 0.6) is 0 Å². The quantitative estimate of drug-likeness (QED) is 0.689. The van der Waals surface area contributed by atoms with Crippen molar-refractivity contribution in [1.82, 2.24) is 14.7 Å². The van der Waals surface area contributed by atoms with E-state index in [1.165, 1.54) is 6.33 Å². The van der Waals surface area contributed by atoms with E-state index in [1.54, 1.807) is 38.1 Å². The highest BCUT2D eigenvalue weighted by atomic mass is 16.5. The second-order valence-electron chi connectivity index (χ2n) is 5.44. The molecule has 1 amide bonds. The van der Waals surface area contributed by atoms with Crippen molar-refractivity contribution < 1.29 is 18.8 Å². The Morgan fingerprint density at radius 2 is 2.08 bits per heavy atom. The van der Waals surface area contributed by atoms with Crippen molar-refractivity contribution in [3.05, 3.63) is 52.2 Å². The third-order valence-electron chi connectivity index (χ3n) is 3.64. The van der Waals surface area contributed by atoms with E-state index in [0.717, 1.165) is 4.57 Å². The first-order chi connectivity index (χ1) is 12.5. The number of fused-ring (bicyclic) bond motifs is 1. The van der Waals surface area contributed by atoms with Gasteiger partial charge in [0, 0.05) is 0 Å². The second-order valence-corrected chi connectivity index (χ2v) is 5.44. The lowest BCUT2D eigenvalue weighted by atomic mass is 10.2. The molecule has 134 valence electrons. The average Bonchev–Trinajstić information content (AvgIpc) is 3.00. The van der Waals surface area contributed by atoms with Crippen LogP contribution in [0.15, 0.2) is 39.9 Å². The van der Waals surface area contributed by atoms with Crippen molar-refractivity contribution in [2.75, 3.05) is 11.9 Å². The first-order valence-electron chi connectivity index (χ1n) is 7.88. The molecular weight excluding hydrogens is 340 g/mol. The zero-order valence-electron chi connectivity index (χ0n) is 14.2. The molecular formula is C17H16N4O5. The van der Waals surface area contributed by atoms with Crippen LogP contribution in [0, 0.1) is 6.92 Å². The highest BCUT2D eigenvalue weighted by Gasteiger charge is 2.16. The van der Waals surface area contributed by atoms with Gasteiger partial charge in [-0.15, -0.1) is 0 Å². The van der Waals surface area contributed by atoms with Crippen LogP contribution in [-0.4, -0.2) is 33.2 Å². The molecule has 26 heavy (non-hydrogen) atoms. The number of carbonyl (C=O) groups excluding carboxylic acids is 2. The number of esters is 1. The standard InChI is InChI=1S/C17H16N4O5/c1-3-25-17(24)11-6-4-5-7-12(11)19-13(22)8-21-9-18-15-14(16(21)23)10(2)20-26-15/h4-7,9H,3,8H2,1-2H3,(H,19,22).